The first-order chi connectivity index (χ1) is 7.84. The highest BCUT2D eigenvalue weighted by molar-refractivity contribution is 7.19. The first-order valence-electron chi connectivity index (χ1n) is 5.29. The number of fused-ring (bicyclic) bond motifs is 1. The van der Waals surface area contributed by atoms with Gasteiger partial charge in [-0.1, -0.05) is 18.2 Å². The summed E-state index contributed by atoms with van der Waals surface area (Å²) in [6.07, 6.45) is 4.58. The van der Waals surface area contributed by atoms with E-state index in [0.29, 0.717) is 0 Å². The van der Waals surface area contributed by atoms with Crippen LogP contribution in [0.25, 0.3) is 10.1 Å². The molecule has 80 valence electrons. The van der Waals surface area contributed by atoms with Gasteiger partial charge in [-0.25, -0.2) is 4.98 Å². The molecule has 0 aliphatic carbocycles. The summed E-state index contributed by atoms with van der Waals surface area (Å²) >= 11 is 1.87. The summed E-state index contributed by atoms with van der Waals surface area (Å²) in [5, 5.41) is 1.38. The van der Waals surface area contributed by atoms with Crippen LogP contribution in [-0.4, -0.2) is 9.97 Å². The molecule has 3 rings (SSSR count). The minimum atomic E-state index is 0.950. The Kier molecular flexibility index (Phi) is 2.26. The van der Waals surface area contributed by atoms with Crippen LogP contribution >= 0.6 is 11.3 Å². The van der Waals surface area contributed by atoms with Crippen LogP contribution < -0.4 is 0 Å². The number of nitrogens with zero attached hydrogens (tertiary/aromatic N) is 1. The molecule has 3 aromatic rings. The van der Waals surface area contributed by atoms with Gasteiger partial charge in [0.05, 0.1) is 6.33 Å². The fourth-order valence-electron chi connectivity index (χ4n) is 1.95. The lowest BCUT2D eigenvalue weighted by Gasteiger charge is -1.96. The molecule has 0 amide bonds. The molecule has 2 aromatic heterocycles. The monoisotopic (exact) mass is 228 g/mol. The van der Waals surface area contributed by atoms with E-state index in [1.54, 1.807) is 6.33 Å². The van der Waals surface area contributed by atoms with E-state index in [-0.39, 0.29) is 0 Å². The second-order valence-corrected chi connectivity index (χ2v) is 5.04. The number of hydrogen-bond acceptors (Lipinski definition) is 2. The Balaban J connectivity index is 2.07. The minimum absolute atomic E-state index is 0.950. The lowest BCUT2D eigenvalue weighted by molar-refractivity contribution is 1.12. The van der Waals surface area contributed by atoms with E-state index in [9.17, 15) is 0 Å². The van der Waals surface area contributed by atoms with Gasteiger partial charge < -0.3 is 4.98 Å². The zero-order valence-electron chi connectivity index (χ0n) is 9.03. The molecule has 0 spiro atoms. The Hall–Kier alpha value is -1.61. The minimum Gasteiger partial charge on any atom is -0.348 e. The van der Waals surface area contributed by atoms with Gasteiger partial charge in [-0.3, -0.25) is 0 Å². The van der Waals surface area contributed by atoms with Crippen molar-refractivity contribution in [3.63, 3.8) is 0 Å². The summed E-state index contributed by atoms with van der Waals surface area (Å²) in [5.74, 6) is 0. The maximum Gasteiger partial charge on any atom is 0.0921 e. The molecule has 1 aromatic carbocycles. The zero-order chi connectivity index (χ0) is 11.0. The SMILES string of the molecule is Cc1c(Cc2cnc[nH]2)sc2ccccc12. The molecule has 0 unspecified atom stereocenters. The summed E-state index contributed by atoms with van der Waals surface area (Å²) in [5.41, 5.74) is 2.57. The van der Waals surface area contributed by atoms with Gasteiger partial charge in [-0.15, -0.1) is 11.3 Å². The maximum atomic E-state index is 4.05. The van der Waals surface area contributed by atoms with E-state index in [4.69, 9.17) is 0 Å². The summed E-state index contributed by atoms with van der Waals surface area (Å²) in [4.78, 5) is 8.63. The molecule has 2 nitrogen and oxygen atoms in total. The molecule has 16 heavy (non-hydrogen) atoms. The lowest BCUT2D eigenvalue weighted by Crippen LogP contribution is -1.86. The molecule has 0 saturated heterocycles. The van der Waals surface area contributed by atoms with Crippen molar-refractivity contribution < 1.29 is 0 Å². The van der Waals surface area contributed by atoms with Crippen LogP contribution in [0.3, 0.4) is 0 Å². The van der Waals surface area contributed by atoms with Crippen LogP contribution in [-0.2, 0) is 6.42 Å². The maximum absolute atomic E-state index is 4.05. The molecule has 0 atom stereocenters. The Morgan fingerprint density at radius 2 is 2.19 bits per heavy atom. The average molecular weight is 228 g/mol. The number of nitrogens with one attached hydrogen (secondary N) is 1. The van der Waals surface area contributed by atoms with E-state index in [0.717, 1.165) is 6.42 Å². The first kappa shape index (κ1) is 9.60. The summed E-state index contributed by atoms with van der Waals surface area (Å²) in [7, 11) is 0. The van der Waals surface area contributed by atoms with Crippen LogP contribution in [0.4, 0.5) is 0 Å². The van der Waals surface area contributed by atoms with E-state index in [2.05, 4.69) is 41.2 Å². The Morgan fingerprint density at radius 3 is 2.94 bits per heavy atom. The normalized spacial score (nSPS) is 11.1. The molecule has 3 heteroatoms. The zero-order valence-corrected chi connectivity index (χ0v) is 9.84. The van der Waals surface area contributed by atoms with Crippen molar-refractivity contribution in [2.24, 2.45) is 0 Å². The molecule has 0 aliphatic rings. The van der Waals surface area contributed by atoms with Crippen molar-refractivity contribution in [2.45, 2.75) is 13.3 Å². The highest BCUT2D eigenvalue weighted by atomic mass is 32.1. The average Bonchev–Trinajstić information content (AvgIpc) is 2.90. The summed E-state index contributed by atoms with van der Waals surface area (Å²) in [6.45, 7) is 2.20. The Bertz CT molecular complexity index is 608. The predicted molar refractivity (Wildman–Crippen MR) is 68.0 cm³/mol. The third kappa shape index (κ3) is 1.53. The standard InChI is InChI=1S/C13H12N2S/c1-9-11-4-2-3-5-12(11)16-13(9)6-10-7-14-8-15-10/h2-5,7-8H,6H2,1H3,(H,14,15). The van der Waals surface area contributed by atoms with Crippen LogP contribution in [0, 0.1) is 6.92 Å². The molecular weight excluding hydrogens is 216 g/mol. The molecule has 2 heterocycles. The van der Waals surface area contributed by atoms with Crippen LogP contribution in [0.5, 0.6) is 0 Å². The quantitative estimate of drug-likeness (QED) is 0.714. The topological polar surface area (TPSA) is 28.7 Å². The van der Waals surface area contributed by atoms with Crippen molar-refractivity contribution in [3.8, 4) is 0 Å². The number of benzene rings is 1. The number of H-pyrrole nitrogens is 1. The summed E-state index contributed by atoms with van der Waals surface area (Å²) in [6, 6.07) is 8.57. The van der Waals surface area contributed by atoms with Crippen molar-refractivity contribution in [3.05, 3.63) is 52.9 Å². The third-order valence-electron chi connectivity index (χ3n) is 2.85. The van der Waals surface area contributed by atoms with Gasteiger partial charge in [0.2, 0.25) is 0 Å². The molecular formula is C13H12N2S. The number of imidazole rings is 1. The Morgan fingerprint density at radius 1 is 1.31 bits per heavy atom. The number of rotatable bonds is 2. The van der Waals surface area contributed by atoms with Crippen molar-refractivity contribution in [1.82, 2.24) is 9.97 Å². The highest BCUT2D eigenvalue weighted by Gasteiger charge is 2.08. The van der Waals surface area contributed by atoms with Gasteiger partial charge in [0.1, 0.15) is 0 Å². The van der Waals surface area contributed by atoms with Gasteiger partial charge >= 0.3 is 0 Å². The van der Waals surface area contributed by atoms with Gasteiger partial charge in [0.15, 0.2) is 0 Å². The molecule has 0 radical (unpaired) electrons. The number of thiophene rings is 1. The number of aromatic nitrogens is 2. The van der Waals surface area contributed by atoms with E-state index >= 15 is 0 Å². The van der Waals surface area contributed by atoms with Crippen molar-refractivity contribution >= 4 is 21.4 Å². The molecule has 0 aliphatic heterocycles. The smallest absolute Gasteiger partial charge is 0.0921 e. The van der Waals surface area contributed by atoms with Crippen molar-refractivity contribution in [2.75, 3.05) is 0 Å². The second-order valence-electron chi connectivity index (χ2n) is 3.90. The van der Waals surface area contributed by atoms with Crippen molar-refractivity contribution in [1.29, 1.82) is 0 Å². The fourth-order valence-corrected chi connectivity index (χ4v) is 3.18. The first-order valence-corrected chi connectivity index (χ1v) is 6.10. The largest absolute Gasteiger partial charge is 0.348 e. The summed E-state index contributed by atoms with van der Waals surface area (Å²) < 4.78 is 1.37. The molecule has 1 N–H and O–H groups in total. The lowest BCUT2D eigenvalue weighted by atomic mass is 10.1. The molecule has 0 bridgehead atoms. The Labute approximate surface area is 98.0 Å². The van der Waals surface area contributed by atoms with Crippen LogP contribution in [0.15, 0.2) is 36.8 Å². The van der Waals surface area contributed by atoms with Gasteiger partial charge in [0.25, 0.3) is 0 Å². The number of aryl methyl sites for hydroxylation is 1. The van der Waals surface area contributed by atoms with E-state index in [1.807, 2.05) is 17.5 Å². The second kappa shape index (κ2) is 3.76. The van der Waals surface area contributed by atoms with Gasteiger partial charge in [0, 0.05) is 27.9 Å². The molecule has 0 saturated carbocycles. The predicted octanol–water partition coefficient (Wildman–Crippen LogP) is 3.52. The van der Waals surface area contributed by atoms with E-state index < -0.39 is 0 Å². The third-order valence-corrected chi connectivity index (χ3v) is 4.12. The number of hydrogen-bond donors (Lipinski definition) is 1. The highest BCUT2D eigenvalue weighted by Crippen LogP contribution is 2.31. The van der Waals surface area contributed by atoms with E-state index in [1.165, 1.54) is 26.2 Å². The van der Waals surface area contributed by atoms with Gasteiger partial charge in [-0.05, 0) is 23.9 Å². The van der Waals surface area contributed by atoms with Crippen LogP contribution in [0.1, 0.15) is 16.1 Å². The fraction of sp³-hybridized carbons (Fsp3) is 0.154. The molecule has 0 fully saturated rings. The number of aromatic amines is 1. The van der Waals surface area contributed by atoms with Crippen LogP contribution in [0.2, 0.25) is 0 Å². The van der Waals surface area contributed by atoms with Gasteiger partial charge in [-0.2, -0.15) is 0 Å².